The third-order valence-electron chi connectivity index (χ3n) is 3.72. The van der Waals surface area contributed by atoms with Gasteiger partial charge in [-0.15, -0.1) is 0 Å². The van der Waals surface area contributed by atoms with Gasteiger partial charge < -0.3 is 19.3 Å². The zero-order chi connectivity index (χ0) is 16.4. The van der Waals surface area contributed by atoms with Crippen LogP contribution in [0.25, 0.3) is 0 Å². The summed E-state index contributed by atoms with van der Waals surface area (Å²) in [4.78, 5) is 12.4. The molecule has 23 heavy (non-hydrogen) atoms. The average molecular weight is 331 g/mol. The Balaban J connectivity index is 1.83. The molecule has 5 nitrogen and oxygen atoms in total. The fourth-order valence-electron chi connectivity index (χ4n) is 2.50. The summed E-state index contributed by atoms with van der Waals surface area (Å²) < 4.78 is 10.7. The first-order valence-electron chi connectivity index (χ1n) is 7.15. The van der Waals surface area contributed by atoms with Gasteiger partial charge in [0, 0.05) is 5.56 Å². The van der Waals surface area contributed by atoms with E-state index in [0.717, 1.165) is 0 Å². The van der Waals surface area contributed by atoms with Gasteiger partial charge in [-0.25, -0.2) is 0 Å². The molecule has 0 spiro atoms. The molecular formula is C17H17NO4S. The van der Waals surface area contributed by atoms with Crippen molar-refractivity contribution < 1.29 is 18.7 Å². The zero-order valence-corrected chi connectivity index (χ0v) is 13.6. The van der Waals surface area contributed by atoms with Gasteiger partial charge in [-0.2, -0.15) is 11.3 Å². The van der Waals surface area contributed by atoms with E-state index in [1.165, 1.54) is 17.6 Å². The molecule has 0 aliphatic heterocycles. The monoisotopic (exact) mass is 331 g/mol. The third-order valence-corrected chi connectivity index (χ3v) is 4.40. The molecule has 1 atom stereocenters. The van der Waals surface area contributed by atoms with Crippen molar-refractivity contribution in [2.45, 2.75) is 19.4 Å². The van der Waals surface area contributed by atoms with Crippen LogP contribution in [0.3, 0.4) is 0 Å². The molecule has 0 radical (unpaired) electrons. The number of hydrogen-bond donors (Lipinski definition) is 2. The van der Waals surface area contributed by atoms with Crippen molar-refractivity contribution in [3.63, 3.8) is 0 Å². The van der Waals surface area contributed by atoms with Gasteiger partial charge in [0.05, 0.1) is 18.4 Å². The highest BCUT2D eigenvalue weighted by Crippen LogP contribution is 2.31. The summed E-state index contributed by atoms with van der Waals surface area (Å²) in [5.74, 6) is 1.32. The van der Waals surface area contributed by atoms with Gasteiger partial charge >= 0.3 is 0 Å². The lowest BCUT2D eigenvalue weighted by atomic mass is 9.93. The van der Waals surface area contributed by atoms with E-state index >= 15 is 0 Å². The van der Waals surface area contributed by atoms with Crippen LogP contribution in [-0.2, 0) is 5.60 Å². The largest absolute Gasteiger partial charge is 0.466 e. The maximum Gasteiger partial charge on any atom is 0.254 e. The predicted molar refractivity (Wildman–Crippen MR) is 86.5 cm³/mol. The topological polar surface area (TPSA) is 75.6 Å². The highest BCUT2D eigenvalue weighted by atomic mass is 32.1. The Hall–Kier alpha value is -2.31. The zero-order valence-electron chi connectivity index (χ0n) is 12.8. The summed E-state index contributed by atoms with van der Waals surface area (Å²) in [6.07, 6.45) is 1.50. The molecule has 0 bridgehead atoms. The summed E-state index contributed by atoms with van der Waals surface area (Å²) in [7, 11) is 0. The van der Waals surface area contributed by atoms with Crippen LogP contribution >= 0.6 is 11.3 Å². The molecule has 2 N–H and O–H groups in total. The van der Waals surface area contributed by atoms with Crippen LogP contribution < -0.4 is 5.32 Å². The van der Waals surface area contributed by atoms with Gasteiger partial charge in [-0.1, -0.05) is 0 Å². The third kappa shape index (κ3) is 2.95. The quantitative estimate of drug-likeness (QED) is 0.753. The first kappa shape index (κ1) is 15.6. The Morgan fingerprint density at radius 3 is 2.78 bits per heavy atom. The maximum absolute atomic E-state index is 12.4. The van der Waals surface area contributed by atoms with Crippen molar-refractivity contribution >= 4 is 17.2 Å². The second-order valence-corrected chi connectivity index (χ2v) is 6.14. The molecule has 3 rings (SSSR count). The number of aryl methyl sites for hydroxylation is 2. The maximum atomic E-state index is 12.4. The number of rotatable bonds is 5. The summed E-state index contributed by atoms with van der Waals surface area (Å²) in [6, 6.07) is 6.89. The molecule has 0 saturated carbocycles. The molecular weight excluding hydrogens is 314 g/mol. The smallest absolute Gasteiger partial charge is 0.254 e. The number of thiophene rings is 1. The van der Waals surface area contributed by atoms with E-state index in [-0.39, 0.29) is 12.5 Å². The van der Waals surface area contributed by atoms with Crippen LogP contribution in [0.15, 0.2) is 50.1 Å². The first-order chi connectivity index (χ1) is 11.0. The molecule has 120 valence electrons. The van der Waals surface area contributed by atoms with Gasteiger partial charge in [0.2, 0.25) is 0 Å². The Morgan fingerprint density at radius 1 is 1.39 bits per heavy atom. The minimum Gasteiger partial charge on any atom is -0.466 e. The summed E-state index contributed by atoms with van der Waals surface area (Å²) in [6.45, 7) is 3.52. The lowest BCUT2D eigenvalue weighted by Gasteiger charge is -2.25. The minimum absolute atomic E-state index is 0.000250. The first-order valence-corrected chi connectivity index (χ1v) is 8.09. The van der Waals surface area contributed by atoms with Crippen molar-refractivity contribution in [1.82, 2.24) is 5.32 Å². The molecule has 3 aromatic heterocycles. The van der Waals surface area contributed by atoms with Gasteiger partial charge in [0.1, 0.15) is 17.3 Å². The standard InChI is InChI=1S/C17H17NO4S/c1-11-8-14(12(2)22-11)16(19)18-10-17(20,13-5-7-23-9-13)15-4-3-6-21-15/h3-9,20H,10H2,1-2H3,(H,18,19)/t17-/m0/s1. The SMILES string of the molecule is Cc1cc(C(=O)NC[C@](O)(c2ccsc2)c2ccco2)c(C)o1. The predicted octanol–water partition coefficient (Wildman–Crippen LogP) is 3.22. The summed E-state index contributed by atoms with van der Waals surface area (Å²) in [5, 5.41) is 17.5. The molecule has 1 amide bonds. The average Bonchev–Trinajstić information content (AvgIpc) is 3.26. The highest BCUT2D eigenvalue weighted by molar-refractivity contribution is 7.08. The van der Waals surface area contributed by atoms with E-state index in [4.69, 9.17) is 8.83 Å². The Kier molecular flexibility index (Phi) is 4.11. The van der Waals surface area contributed by atoms with Gasteiger partial charge in [0.15, 0.2) is 5.60 Å². The molecule has 0 unspecified atom stereocenters. The fourth-order valence-corrected chi connectivity index (χ4v) is 3.23. The second-order valence-electron chi connectivity index (χ2n) is 5.36. The van der Waals surface area contributed by atoms with Crippen LogP contribution in [0, 0.1) is 13.8 Å². The van der Waals surface area contributed by atoms with Gasteiger partial charge in [-0.05, 0) is 48.9 Å². The molecule has 3 heterocycles. The Bertz CT molecular complexity index is 753. The van der Waals surface area contributed by atoms with Gasteiger partial charge in [-0.3, -0.25) is 4.79 Å². The summed E-state index contributed by atoms with van der Waals surface area (Å²) >= 11 is 1.47. The summed E-state index contributed by atoms with van der Waals surface area (Å²) in [5.41, 5.74) is -0.265. The van der Waals surface area contributed by atoms with Crippen LogP contribution in [0.1, 0.15) is 33.2 Å². The number of furan rings is 2. The lowest BCUT2D eigenvalue weighted by molar-refractivity contribution is 0.0528. The fraction of sp³-hybridized carbons (Fsp3) is 0.235. The number of hydrogen-bond acceptors (Lipinski definition) is 5. The molecule has 0 fully saturated rings. The van der Waals surface area contributed by atoms with Crippen molar-refractivity contribution in [2.75, 3.05) is 6.54 Å². The molecule has 3 aromatic rings. The highest BCUT2D eigenvalue weighted by Gasteiger charge is 2.35. The van der Waals surface area contributed by atoms with Crippen molar-refractivity contribution in [1.29, 1.82) is 0 Å². The number of carbonyl (C=O) groups is 1. The Morgan fingerprint density at radius 2 is 2.22 bits per heavy atom. The van der Waals surface area contributed by atoms with Crippen molar-refractivity contribution in [3.05, 3.63) is 69.7 Å². The Labute approximate surface area is 137 Å². The molecule has 6 heteroatoms. The second kappa shape index (κ2) is 6.06. The normalized spacial score (nSPS) is 13.7. The van der Waals surface area contributed by atoms with Crippen LogP contribution in [0.5, 0.6) is 0 Å². The van der Waals surface area contributed by atoms with E-state index in [0.29, 0.717) is 28.4 Å². The number of nitrogens with one attached hydrogen (secondary N) is 1. The number of carbonyl (C=O) groups excluding carboxylic acids is 1. The lowest BCUT2D eigenvalue weighted by Crippen LogP contribution is -2.41. The van der Waals surface area contributed by atoms with E-state index in [2.05, 4.69) is 5.32 Å². The van der Waals surface area contributed by atoms with Crippen LogP contribution in [0.2, 0.25) is 0 Å². The van der Waals surface area contributed by atoms with Crippen molar-refractivity contribution in [2.24, 2.45) is 0 Å². The van der Waals surface area contributed by atoms with Crippen molar-refractivity contribution in [3.8, 4) is 0 Å². The van der Waals surface area contributed by atoms with Crippen LogP contribution in [-0.4, -0.2) is 17.6 Å². The molecule has 0 aliphatic rings. The molecule has 0 aromatic carbocycles. The van der Waals surface area contributed by atoms with Gasteiger partial charge in [0.25, 0.3) is 5.91 Å². The van der Waals surface area contributed by atoms with E-state index in [1.807, 2.05) is 16.8 Å². The molecule has 0 saturated heterocycles. The minimum atomic E-state index is -1.41. The van der Waals surface area contributed by atoms with E-state index < -0.39 is 5.60 Å². The van der Waals surface area contributed by atoms with E-state index in [9.17, 15) is 9.90 Å². The number of amides is 1. The van der Waals surface area contributed by atoms with Crippen LogP contribution in [0.4, 0.5) is 0 Å². The molecule has 0 aliphatic carbocycles. The van der Waals surface area contributed by atoms with E-state index in [1.54, 1.807) is 32.0 Å². The number of aliphatic hydroxyl groups is 1.